The molecule has 1 aromatic carbocycles. The molecule has 1 saturated carbocycles. The fraction of sp³-hybridized carbons (Fsp3) is 0.444. The Kier molecular flexibility index (Phi) is 6.62. The standard InChI is InChI=1S/C18H22N4O2S2/c1-22(11-13-7-8-13)16(24)10-9-15(23)19-17-20-21-18(26-17)25-12-14-5-3-2-4-6-14/h2-6,13H,7-12H2,1H3,(H,19,20,23). The van der Waals surface area contributed by atoms with Crippen LogP contribution in [-0.4, -0.2) is 40.5 Å². The maximum atomic E-state index is 12.0. The van der Waals surface area contributed by atoms with Crippen LogP contribution in [0.2, 0.25) is 0 Å². The molecule has 3 rings (SSSR count). The predicted molar refractivity (Wildman–Crippen MR) is 104 cm³/mol. The number of nitrogens with one attached hydrogen (secondary N) is 1. The summed E-state index contributed by atoms with van der Waals surface area (Å²) in [5.74, 6) is 1.29. The van der Waals surface area contributed by atoms with Crippen LogP contribution in [0.25, 0.3) is 0 Å². The van der Waals surface area contributed by atoms with E-state index >= 15 is 0 Å². The Morgan fingerprint density at radius 3 is 2.73 bits per heavy atom. The number of hydrogen-bond donors (Lipinski definition) is 1. The van der Waals surface area contributed by atoms with Crippen LogP contribution in [0, 0.1) is 5.92 Å². The van der Waals surface area contributed by atoms with E-state index in [2.05, 4.69) is 27.6 Å². The number of benzene rings is 1. The molecule has 138 valence electrons. The number of rotatable bonds is 9. The van der Waals surface area contributed by atoms with Gasteiger partial charge in [-0.25, -0.2) is 0 Å². The number of nitrogens with zero attached hydrogens (tertiary/aromatic N) is 3. The quantitative estimate of drug-likeness (QED) is 0.524. The Labute approximate surface area is 161 Å². The molecule has 1 fully saturated rings. The fourth-order valence-corrected chi connectivity index (χ4v) is 4.14. The van der Waals surface area contributed by atoms with Gasteiger partial charge in [0.15, 0.2) is 4.34 Å². The Hall–Kier alpha value is -1.93. The molecule has 2 aromatic rings. The van der Waals surface area contributed by atoms with Crippen molar-refractivity contribution >= 4 is 40.0 Å². The third-order valence-corrected chi connectivity index (χ3v) is 6.12. The van der Waals surface area contributed by atoms with Gasteiger partial charge in [-0.3, -0.25) is 9.59 Å². The molecule has 6 nitrogen and oxygen atoms in total. The van der Waals surface area contributed by atoms with Crippen molar-refractivity contribution in [3.05, 3.63) is 35.9 Å². The molecular weight excluding hydrogens is 368 g/mol. The first-order chi connectivity index (χ1) is 12.6. The van der Waals surface area contributed by atoms with Gasteiger partial charge in [-0.15, -0.1) is 10.2 Å². The third-order valence-electron chi connectivity index (χ3n) is 4.08. The molecule has 8 heteroatoms. The van der Waals surface area contributed by atoms with E-state index in [9.17, 15) is 9.59 Å². The van der Waals surface area contributed by atoms with Crippen molar-refractivity contribution in [2.24, 2.45) is 5.92 Å². The largest absolute Gasteiger partial charge is 0.345 e. The number of amides is 2. The molecule has 1 aromatic heterocycles. The van der Waals surface area contributed by atoms with Gasteiger partial charge in [-0.1, -0.05) is 53.4 Å². The van der Waals surface area contributed by atoms with Crippen molar-refractivity contribution in [1.82, 2.24) is 15.1 Å². The first-order valence-electron chi connectivity index (χ1n) is 8.64. The SMILES string of the molecule is CN(CC1CC1)C(=O)CCC(=O)Nc1nnc(SCc2ccccc2)s1. The van der Waals surface area contributed by atoms with E-state index in [1.807, 2.05) is 18.2 Å². The lowest BCUT2D eigenvalue weighted by Gasteiger charge is -2.16. The lowest BCUT2D eigenvalue weighted by atomic mass is 10.2. The van der Waals surface area contributed by atoms with Crippen molar-refractivity contribution in [2.45, 2.75) is 35.8 Å². The van der Waals surface area contributed by atoms with Crippen LogP contribution in [0.15, 0.2) is 34.7 Å². The zero-order valence-electron chi connectivity index (χ0n) is 14.7. The van der Waals surface area contributed by atoms with E-state index in [0.717, 1.165) is 16.6 Å². The van der Waals surface area contributed by atoms with Crippen molar-refractivity contribution in [2.75, 3.05) is 18.9 Å². The van der Waals surface area contributed by atoms with Crippen molar-refractivity contribution < 1.29 is 9.59 Å². The summed E-state index contributed by atoms with van der Waals surface area (Å²) in [5, 5.41) is 11.3. The molecule has 0 bridgehead atoms. The molecule has 1 aliphatic carbocycles. The first kappa shape index (κ1) is 18.8. The Bertz CT molecular complexity index is 747. The van der Waals surface area contributed by atoms with E-state index in [4.69, 9.17) is 0 Å². The first-order valence-corrected chi connectivity index (χ1v) is 10.4. The van der Waals surface area contributed by atoms with Crippen LogP contribution in [-0.2, 0) is 15.3 Å². The smallest absolute Gasteiger partial charge is 0.226 e. The Morgan fingerprint density at radius 1 is 1.23 bits per heavy atom. The molecule has 2 amide bonds. The topological polar surface area (TPSA) is 75.2 Å². The summed E-state index contributed by atoms with van der Waals surface area (Å²) in [6, 6.07) is 10.1. The highest BCUT2D eigenvalue weighted by atomic mass is 32.2. The second kappa shape index (κ2) is 9.14. The minimum Gasteiger partial charge on any atom is -0.345 e. The van der Waals surface area contributed by atoms with Gasteiger partial charge in [0.1, 0.15) is 0 Å². The number of hydrogen-bond acceptors (Lipinski definition) is 6. The number of thioether (sulfide) groups is 1. The molecule has 1 N–H and O–H groups in total. The third kappa shape index (κ3) is 6.10. The summed E-state index contributed by atoms with van der Waals surface area (Å²) in [6.07, 6.45) is 2.81. The van der Waals surface area contributed by atoms with Crippen LogP contribution < -0.4 is 5.32 Å². The summed E-state index contributed by atoms with van der Waals surface area (Å²) in [6.45, 7) is 0.804. The summed E-state index contributed by atoms with van der Waals surface area (Å²) in [5.41, 5.74) is 1.21. The van der Waals surface area contributed by atoms with Crippen LogP contribution in [0.4, 0.5) is 5.13 Å². The van der Waals surface area contributed by atoms with Crippen molar-refractivity contribution in [3.63, 3.8) is 0 Å². The maximum absolute atomic E-state index is 12.0. The van der Waals surface area contributed by atoms with E-state index in [1.165, 1.54) is 29.7 Å². The second-order valence-electron chi connectivity index (χ2n) is 6.41. The Balaban J connectivity index is 1.38. The van der Waals surface area contributed by atoms with Crippen molar-refractivity contribution in [1.29, 1.82) is 0 Å². The van der Waals surface area contributed by atoms with Crippen LogP contribution in [0.1, 0.15) is 31.2 Å². The monoisotopic (exact) mass is 390 g/mol. The number of carbonyl (C=O) groups excluding carboxylic acids is 2. The number of aromatic nitrogens is 2. The normalized spacial score (nSPS) is 13.4. The highest BCUT2D eigenvalue weighted by Gasteiger charge is 2.24. The van der Waals surface area contributed by atoms with Crippen LogP contribution in [0.3, 0.4) is 0 Å². The molecule has 0 saturated heterocycles. The average Bonchev–Trinajstić information content (AvgIpc) is 3.35. The van der Waals surface area contributed by atoms with Crippen LogP contribution >= 0.6 is 23.1 Å². The lowest BCUT2D eigenvalue weighted by Crippen LogP contribution is -2.29. The van der Waals surface area contributed by atoms with Crippen LogP contribution in [0.5, 0.6) is 0 Å². The van der Waals surface area contributed by atoms with Crippen molar-refractivity contribution in [3.8, 4) is 0 Å². The molecule has 0 unspecified atom stereocenters. The minimum absolute atomic E-state index is 0.0171. The van der Waals surface area contributed by atoms with Gasteiger partial charge in [0.2, 0.25) is 16.9 Å². The molecule has 0 aliphatic heterocycles. The highest BCUT2D eigenvalue weighted by molar-refractivity contribution is 8.00. The zero-order chi connectivity index (χ0) is 18.4. The molecule has 26 heavy (non-hydrogen) atoms. The van der Waals surface area contributed by atoms with E-state index in [0.29, 0.717) is 11.0 Å². The summed E-state index contributed by atoms with van der Waals surface area (Å²) >= 11 is 2.94. The number of anilines is 1. The summed E-state index contributed by atoms with van der Waals surface area (Å²) in [7, 11) is 1.81. The predicted octanol–water partition coefficient (Wildman–Crippen LogP) is 3.42. The summed E-state index contributed by atoms with van der Waals surface area (Å²) < 4.78 is 0.810. The van der Waals surface area contributed by atoms with Gasteiger partial charge in [-0.2, -0.15) is 0 Å². The number of carbonyl (C=O) groups is 2. The molecule has 1 aliphatic rings. The lowest BCUT2D eigenvalue weighted by molar-refractivity contribution is -0.131. The molecule has 0 spiro atoms. The molecule has 1 heterocycles. The van der Waals surface area contributed by atoms with E-state index in [1.54, 1.807) is 23.7 Å². The average molecular weight is 391 g/mol. The second-order valence-corrected chi connectivity index (χ2v) is 8.61. The van der Waals surface area contributed by atoms with Gasteiger partial charge in [0.25, 0.3) is 0 Å². The van der Waals surface area contributed by atoms with Gasteiger partial charge in [0, 0.05) is 32.2 Å². The van der Waals surface area contributed by atoms with Gasteiger partial charge in [-0.05, 0) is 24.3 Å². The molecular formula is C18H22N4O2S2. The summed E-state index contributed by atoms with van der Waals surface area (Å²) in [4.78, 5) is 25.7. The molecule has 0 radical (unpaired) electrons. The zero-order valence-corrected chi connectivity index (χ0v) is 16.3. The van der Waals surface area contributed by atoms with E-state index in [-0.39, 0.29) is 24.7 Å². The molecule has 0 atom stereocenters. The highest BCUT2D eigenvalue weighted by Crippen LogP contribution is 2.30. The van der Waals surface area contributed by atoms with Gasteiger partial charge >= 0.3 is 0 Å². The fourth-order valence-electron chi connectivity index (χ4n) is 2.42. The van der Waals surface area contributed by atoms with Gasteiger partial charge in [0.05, 0.1) is 0 Å². The maximum Gasteiger partial charge on any atom is 0.226 e. The Morgan fingerprint density at radius 2 is 2.00 bits per heavy atom. The van der Waals surface area contributed by atoms with Gasteiger partial charge < -0.3 is 10.2 Å². The minimum atomic E-state index is -0.200. The van der Waals surface area contributed by atoms with E-state index < -0.39 is 0 Å².